The third-order valence-corrected chi connectivity index (χ3v) is 2.63. The Labute approximate surface area is 89.2 Å². The monoisotopic (exact) mass is 203 g/mol. The number of rotatable bonds is 0. The van der Waals surface area contributed by atoms with Gasteiger partial charge in [0.1, 0.15) is 12.7 Å². The smallest absolute Gasteiger partial charge is 0.225 e. The van der Waals surface area contributed by atoms with Gasteiger partial charge in [-0.05, 0) is 44.0 Å². The SMILES string of the molecule is Cc1cc2c(cc1C)O[C@@](C)(C#N)CO2. The molecule has 1 aromatic rings. The van der Waals surface area contributed by atoms with Crippen molar-refractivity contribution in [1.29, 1.82) is 5.26 Å². The van der Waals surface area contributed by atoms with Gasteiger partial charge in [-0.1, -0.05) is 0 Å². The van der Waals surface area contributed by atoms with Crippen LogP contribution in [0.5, 0.6) is 11.5 Å². The van der Waals surface area contributed by atoms with Gasteiger partial charge in [-0.3, -0.25) is 0 Å². The van der Waals surface area contributed by atoms with Crippen LogP contribution in [-0.2, 0) is 0 Å². The summed E-state index contributed by atoms with van der Waals surface area (Å²) in [5.74, 6) is 1.39. The largest absolute Gasteiger partial charge is 0.484 e. The van der Waals surface area contributed by atoms with Crippen molar-refractivity contribution in [2.24, 2.45) is 0 Å². The molecule has 0 aliphatic carbocycles. The topological polar surface area (TPSA) is 42.2 Å². The fourth-order valence-corrected chi connectivity index (χ4v) is 1.50. The zero-order valence-corrected chi connectivity index (χ0v) is 9.13. The summed E-state index contributed by atoms with van der Waals surface area (Å²) in [4.78, 5) is 0. The number of ether oxygens (including phenoxy) is 2. The van der Waals surface area contributed by atoms with E-state index in [1.54, 1.807) is 6.92 Å². The second-order valence-electron chi connectivity index (χ2n) is 4.12. The molecule has 0 bridgehead atoms. The maximum absolute atomic E-state index is 8.94. The Morgan fingerprint density at radius 2 is 1.87 bits per heavy atom. The molecule has 1 aromatic carbocycles. The summed E-state index contributed by atoms with van der Waals surface area (Å²) in [6.45, 7) is 6.04. The summed E-state index contributed by atoms with van der Waals surface area (Å²) in [6, 6.07) is 5.97. The van der Waals surface area contributed by atoms with Crippen molar-refractivity contribution in [3.8, 4) is 17.6 Å². The summed E-state index contributed by atoms with van der Waals surface area (Å²) in [5, 5.41) is 8.94. The van der Waals surface area contributed by atoms with Crippen LogP contribution in [0.2, 0.25) is 0 Å². The Morgan fingerprint density at radius 3 is 2.47 bits per heavy atom. The van der Waals surface area contributed by atoms with E-state index >= 15 is 0 Å². The summed E-state index contributed by atoms with van der Waals surface area (Å²) >= 11 is 0. The number of fused-ring (bicyclic) bond motifs is 1. The van der Waals surface area contributed by atoms with Crippen LogP contribution in [0, 0.1) is 25.2 Å². The van der Waals surface area contributed by atoms with Crippen LogP contribution in [0.15, 0.2) is 12.1 Å². The van der Waals surface area contributed by atoms with E-state index in [0.29, 0.717) is 5.75 Å². The molecule has 0 aromatic heterocycles. The standard InChI is InChI=1S/C12H13NO2/c1-8-4-10-11(5-9(8)2)15-12(3,6-13)7-14-10/h4-5H,7H2,1-3H3/t12-/m0/s1. The molecule has 0 N–H and O–H groups in total. The fourth-order valence-electron chi connectivity index (χ4n) is 1.50. The first-order valence-electron chi connectivity index (χ1n) is 4.88. The number of aryl methyl sites for hydroxylation is 2. The summed E-state index contributed by atoms with van der Waals surface area (Å²) < 4.78 is 11.1. The first-order valence-corrected chi connectivity index (χ1v) is 4.88. The zero-order chi connectivity index (χ0) is 11.1. The van der Waals surface area contributed by atoms with Crippen molar-refractivity contribution in [1.82, 2.24) is 0 Å². The van der Waals surface area contributed by atoms with Crippen LogP contribution in [-0.4, -0.2) is 12.2 Å². The molecule has 0 spiro atoms. The van der Waals surface area contributed by atoms with Crippen LogP contribution in [0.4, 0.5) is 0 Å². The van der Waals surface area contributed by atoms with Crippen LogP contribution in [0.1, 0.15) is 18.1 Å². The number of benzene rings is 1. The third kappa shape index (κ3) is 1.63. The third-order valence-electron chi connectivity index (χ3n) is 2.63. The molecule has 15 heavy (non-hydrogen) atoms. The molecule has 1 heterocycles. The van der Waals surface area contributed by atoms with Gasteiger partial charge in [0.15, 0.2) is 11.5 Å². The van der Waals surface area contributed by atoms with Gasteiger partial charge in [-0.15, -0.1) is 0 Å². The number of nitrogens with zero attached hydrogens (tertiary/aromatic N) is 1. The highest BCUT2D eigenvalue weighted by Gasteiger charge is 2.33. The lowest BCUT2D eigenvalue weighted by molar-refractivity contribution is 0.0501. The van der Waals surface area contributed by atoms with Gasteiger partial charge in [0.05, 0.1) is 0 Å². The van der Waals surface area contributed by atoms with Crippen molar-refractivity contribution in [2.75, 3.05) is 6.61 Å². The Hall–Kier alpha value is -1.69. The van der Waals surface area contributed by atoms with Crippen molar-refractivity contribution in [2.45, 2.75) is 26.4 Å². The van der Waals surface area contributed by atoms with Crippen LogP contribution in [0.25, 0.3) is 0 Å². The van der Waals surface area contributed by atoms with Gasteiger partial charge in [-0.2, -0.15) is 5.26 Å². The lowest BCUT2D eigenvalue weighted by atomic mass is 10.1. The van der Waals surface area contributed by atoms with E-state index in [4.69, 9.17) is 14.7 Å². The molecule has 2 rings (SSSR count). The predicted octanol–water partition coefficient (Wildman–Crippen LogP) is 2.36. The predicted molar refractivity (Wildman–Crippen MR) is 56.1 cm³/mol. The van der Waals surface area contributed by atoms with Crippen LogP contribution >= 0.6 is 0 Å². The van der Waals surface area contributed by atoms with Crippen molar-refractivity contribution in [3.63, 3.8) is 0 Å². The van der Waals surface area contributed by atoms with Crippen molar-refractivity contribution >= 4 is 0 Å². The highest BCUT2D eigenvalue weighted by molar-refractivity contribution is 5.48. The van der Waals surface area contributed by atoms with Gasteiger partial charge in [0.25, 0.3) is 0 Å². The fraction of sp³-hybridized carbons (Fsp3) is 0.417. The van der Waals surface area contributed by atoms with Crippen LogP contribution in [0.3, 0.4) is 0 Å². The quantitative estimate of drug-likeness (QED) is 0.650. The van der Waals surface area contributed by atoms with E-state index in [0.717, 1.165) is 16.9 Å². The van der Waals surface area contributed by atoms with Gasteiger partial charge in [-0.25, -0.2) is 0 Å². The van der Waals surface area contributed by atoms with Crippen LogP contribution < -0.4 is 9.47 Å². The summed E-state index contributed by atoms with van der Waals surface area (Å²) in [6.07, 6.45) is 0. The lowest BCUT2D eigenvalue weighted by Crippen LogP contribution is -2.40. The van der Waals surface area contributed by atoms with Gasteiger partial charge in [0.2, 0.25) is 5.60 Å². The molecule has 3 heteroatoms. The highest BCUT2D eigenvalue weighted by Crippen LogP contribution is 2.36. The van der Waals surface area contributed by atoms with E-state index in [-0.39, 0.29) is 6.61 Å². The lowest BCUT2D eigenvalue weighted by Gasteiger charge is -2.30. The van der Waals surface area contributed by atoms with Crippen molar-refractivity contribution in [3.05, 3.63) is 23.3 Å². The Morgan fingerprint density at radius 1 is 1.27 bits per heavy atom. The number of hydrogen-bond acceptors (Lipinski definition) is 3. The summed E-state index contributed by atoms with van der Waals surface area (Å²) in [7, 11) is 0. The minimum absolute atomic E-state index is 0.277. The molecule has 0 amide bonds. The molecule has 0 saturated heterocycles. The Kier molecular flexibility index (Phi) is 2.08. The maximum atomic E-state index is 8.94. The first-order chi connectivity index (χ1) is 7.04. The van der Waals surface area contributed by atoms with Gasteiger partial charge >= 0.3 is 0 Å². The minimum atomic E-state index is -0.866. The van der Waals surface area contributed by atoms with Crippen molar-refractivity contribution < 1.29 is 9.47 Å². The Balaban J connectivity index is 2.43. The molecular formula is C12H13NO2. The average molecular weight is 203 g/mol. The first kappa shape index (κ1) is 9.85. The van der Waals surface area contributed by atoms with Gasteiger partial charge in [0, 0.05) is 0 Å². The second-order valence-corrected chi connectivity index (χ2v) is 4.12. The maximum Gasteiger partial charge on any atom is 0.225 e. The molecular weight excluding hydrogens is 190 g/mol. The molecule has 78 valence electrons. The normalized spacial score (nSPS) is 23.3. The number of hydrogen-bond donors (Lipinski definition) is 0. The molecule has 3 nitrogen and oxygen atoms in total. The van der Waals surface area contributed by atoms with Gasteiger partial charge < -0.3 is 9.47 Å². The molecule has 0 unspecified atom stereocenters. The summed E-state index contributed by atoms with van der Waals surface area (Å²) in [5.41, 5.74) is 1.44. The molecule has 1 aliphatic rings. The van der Waals surface area contributed by atoms with E-state index in [1.165, 1.54) is 0 Å². The van der Waals surface area contributed by atoms with E-state index in [1.807, 2.05) is 26.0 Å². The van der Waals surface area contributed by atoms with E-state index < -0.39 is 5.60 Å². The van der Waals surface area contributed by atoms with E-state index in [9.17, 15) is 0 Å². The molecule has 0 saturated carbocycles. The molecule has 1 atom stereocenters. The minimum Gasteiger partial charge on any atom is -0.484 e. The zero-order valence-electron chi connectivity index (χ0n) is 9.13. The van der Waals surface area contributed by atoms with E-state index in [2.05, 4.69) is 6.07 Å². The Bertz CT molecular complexity index is 448. The second kappa shape index (κ2) is 3.16. The highest BCUT2D eigenvalue weighted by atomic mass is 16.6. The molecule has 1 aliphatic heterocycles. The molecule has 0 fully saturated rings. The number of nitriles is 1. The molecule has 0 radical (unpaired) electrons. The average Bonchev–Trinajstić information content (AvgIpc) is 2.21.